The zero-order valence-electron chi connectivity index (χ0n) is 10.5. The van der Waals surface area contributed by atoms with E-state index in [1.54, 1.807) is 12.4 Å². The minimum absolute atomic E-state index is 0.207. The Hall–Kier alpha value is -2.62. The molecule has 2 aromatic rings. The molecular weight excluding hydrogens is 238 g/mol. The van der Waals surface area contributed by atoms with Crippen LogP contribution in [0.5, 0.6) is 0 Å². The topological polar surface area (TPSA) is 54.0 Å². The van der Waals surface area contributed by atoms with Crippen molar-refractivity contribution in [2.75, 3.05) is 10.6 Å². The van der Waals surface area contributed by atoms with Crippen molar-refractivity contribution in [3.05, 3.63) is 67.0 Å². The molecule has 19 heavy (non-hydrogen) atoms. The van der Waals surface area contributed by atoms with Gasteiger partial charge in [-0.3, -0.25) is 9.78 Å². The van der Waals surface area contributed by atoms with Gasteiger partial charge in [0, 0.05) is 24.6 Å². The Balaban J connectivity index is 1.92. The number of carbonyl (C=O) groups excluding carboxylic acids is 1. The van der Waals surface area contributed by atoms with Crippen molar-refractivity contribution >= 4 is 17.3 Å². The number of carbonyl (C=O) groups is 1. The normalized spacial score (nSPS) is 9.68. The molecule has 0 bridgehead atoms. The number of anilines is 2. The maximum atomic E-state index is 11.1. The number of pyridine rings is 1. The molecule has 1 heterocycles. The first-order valence-corrected chi connectivity index (χ1v) is 5.94. The molecule has 0 saturated carbocycles. The molecule has 96 valence electrons. The van der Waals surface area contributed by atoms with Crippen LogP contribution in [0.3, 0.4) is 0 Å². The van der Waals surface area contributed by atoms with Crippen molar-refractivity contribution in [3.8, 4) is 0 Å². The second kappa shape index (κ2) is 6.35. The monoisotopic (exact) mass is 253 g/mol. The van der Waals surface area contributed by atoms with E-state index in [1.807, 2.05) is 36.4 Å². The second-order valence-corrected chi connectivity index (χ2v) is 3.99. The largest absolute Gasteiger partial charge is 0.380 e. The maximum absolute atomic E-state index is 11.1. The molecule has 0 aliphatic carbocycles. The van der Waals surface area contributed by atoms with E-state index in [4.69, 9.17) is 0 Å². The van der Waals surface area contributed by atoms with E-state index < -0.39 is 0 Å². The van der Waals surface area contributed by atoms with Crippen LogP contribution in [0.1, 0.15) is 5.56 Å². The number of amides is 1. The standard InChI is InChI=1S/C15H15N3O/c1-2-15(19)18-13-7-5-12(6-8-13)10-17-14-4-3-9-16-11-14/h2-9,11,17H,1,10H2,(H,18,19). The molecular formula is C15H15N3O. The number of hydrogen-bond donors (Lipinski definition) is 2. The Labute approximate surface area is 112 Å². The molecule has 0 fully saturated rings. The number of hydrogen-bond acceptors (Lipinski definition) is 3. The molecule has 0 spiro atoms. The Morgan fingerprint density at radius 2 is 2.00 bits per heavy atom. The summed E-state index contributed by atoms with van der Waals surface area (Å²) in [6.07, 6.45) is 4.76. The van der Waals surface area contributed by atoms with E-state index in [-0.39, 0.29) is 5.91 Å². The van der Waals surface area contributed by atoms with E-state index in [1.165, 1.54) is 6.08 Å². The van der Waals surface area contributed by atoms with Gasteiger partial charge in [0.2, 0.25) is 5.91 Å². The minimum atomic E-state index is -0.207. The highest BCUT2D eigenvalue weighted by Gasteiger charge is 1.98. The van der Waals surface area contributed by atoms with Crippen molar-refractivity contribution in [3.63, 3.8) is 0 Å². The van der Waals surface area contributed by atoms with Crippen molar-refractivity contribution in [1.29, 1.82) is 0 Å². The van der Waals surface area contributed by atoms with E-state index in [0.717, 1.165) is 16.9 Å². The summed E-state index contributed by atoms with van der Waals surface area (Å²) in [5.41, 5.74) is 2.86. The van der Waals surface area contributed by atoms with Crippen LogP contribution in [0.4, 0.5) is 11.4 Å². The molecule has 4 heteroatoms. The van der Waals surface area contributed by atoms with Crippen LogP contribution < -0.4 is 10.6 Å². The first kappa shape index (κ1) is 12.8. The van der Waals surface area contributed by atoms with Crippen LogP contribution in [0.25, 0.3) is 0 Å². The molecule has 0 radical (unpaired) electrons. The van der Waals surface area contributed by atoms with Crippen molar-refractivity contribution in [2.45, 2.75) is 6.54 Å². The number of nitrogens with one attached hydrogen (secondary N) is 2. The van der Waals surface area contributed by atoms with Gasteiger partial charge in [0.15, 0.2) is 0 Å². The predicted octanol–water partition coefficient (Wildman–Crippen LogP) is 2.82. The van der Waals surface area contributed by atoms with Gasteiger partial charge in [0.1, 0.15) is 0 Å². The number of aromatic nitrogens is 1. The van der Waals surface area contributed by atoms with Gasteiger partial charge in [-0.25, -0.2) is 0 Å². The molecule has 1 aromatic carbocycles. The lowest BCUT2D eigenvalue weighted by Gasteiger charge is -2.07. The average molecular weight is 253 g/mol. The molecule has 2 rings (SSSR count). The van der Waals surface area contributed by atoms with Crippen LogP contribution in [0, 0.1) is 0 Å². The lowest BCUT2D eigenvalue weighted by atomic mass is 10.2. The zero-order valence-corrected chi connectivity index (χ0v) is 10.5. The molecule has 1 aromatic heterocycles. The zero-order chi connectivity index (χ0) is 13.5. The van der Waals surface area contributed by atoms with Gasteiger partial charge in [0.25, 0.3) is 0 Å². The fraction of sp³-hybridized carbons (Fsp3) is 0.0667. The van der Waals surface area contributed by atoms with Gasteiger partial charge < -0.3 is 10.6 Å². The Morgan fingerprint density at radius 3 is 2.63 bits per heavy atom. The highest BCUT2D eigenvalue weighted by molar-refractivity contribution is 5.98. The van der Waals surface area contributed by atoms with E-state index in [2.05, 4.69) is 22.2 Å². The van der Waals surface area contributed by atoms with Gasteiger partial charge in [-0.05, 0) is 35.9 Å². The van der Waals surface area contributed by atoms with E-state index in [9.17, 15) is 4.79 Å². The van der Waals surface area contributed by atoms with Crippen LogP contribution >= 0.6 is 0 Å². The summed E-state index contributed by atoms with van der Waals surface area (Å²) in [4.78, 5) is 15.2. The number of benzene rings is 1. The van der Waals surface area contributed by atoms with E-state index >= 15 is 0 Å². The summed E-state index contributed by atoms with van der Waals surface area (Å²) in [6, 6.07) is 11.5. The number of rotatable bonds is 5. The third-order valence-electron chi connectivity index (χ3n) is 2.57. The molecule has 0 atom stereocenters. The highest BCUT2D eigenvalue weighted by atomic mass is 16.1. The predicted molar refractivity (Wildman–Crippen MR) is 76.8 cm³/mol. The Kier molecular flexibility index (Phi) is 4.29. The SMILES string of the molecule is C=CC(=O)Nc1ccc(CNc2cccnc2)cc1. The fourth-order valence-electron chi connectivity index (χ4n) is 1.57. The molecule has 1 amide bonds. The quantitative estimate of drug-likeness (QED) is 0.806. The molecule has 0 aliphatic heterocycles. The van der Waals surface area contributed by atoms with Gasteiger partial charge >= 0.3 is 0 Å². The van der Waals surface area contributed by atoms with Gasteiger partial charge in [0.05, 0.1) is 5.69 Å². The molecule has 0 unspecified atom stereocenters. The number of nitrogens with zero attached hydrogens (tertiary/aromatic N) is 1. The van der Waals surface area contributed by atoms with Gasteiger partial charge in [-0.1, -0.05) is 18.7 Å². The van der Waals surface area contributed by atoms with Crippen LogP contribution in [0.2, 0.25) is 0 Å². The fourth-order valence-corrected chi connectivity index (χ4v) is 1.57. The van der Waals surface area contributed by atoms with Gasteiger partial charge in [-0.2, -0.15) is 0 Å². The Bertz CT molecular complexity index is 549. The first-order valence-electron chi connectivity index (χ1n) is 5.94. The summed E-state index contributed by atoms with van der Waals surface area (Å²) in [5, 5.41) is 5.97. The minimum Gasteiger partial charge on any atom is -0.380 e. The lowest BCUT2D eigenvalue weighted by Crippen LogP contribution is -2.07. The summed E-state index contributed by atoms with van der Waals surface area (Å²) in [5.74, 6) is -0.207. The summed E-state index contributed by atoms with van der Waals surface area (Å²) < 4.78 is 0. The smallest absolute Gasteiger partial charge is 0.247 e. The third kappa shape index (κ3) is 3.96. The summed E-state index contributed by atoms with van der Waals surface area (Å²) in [6.45, 7) is 4.12. The molecule has 4 nitrogen and oxygen atoms in total. The van der Waals surface area contributed by atoms with Crippen LogP contribution in [-0.4, -0.2) is 10.9 Å². The maximum Gasteiger partial charge on any atom is 0.247 e. The van der Waals surface area contributed by atoms with Gasteiger partial charge in [-0.15, -0.1) is 0 Å². The van der Waals surface area contributed by atoms with Crippen molar-refractivity contribution < 1.29 is 4.79 Å². The van der Waals surface area contributed by atoms with E-state index in [0.29, 0.717) is 6.54 Å². The molecule has 0 aliphatic rings. The first-order chi connectivity index (χ1) is 9.28. The Morgan fingerprint density at radius 1 is 1.21 bits per heavy atom. The second-order valence-electron chi connectivity index (χ2n) is 3.99. The van der Waals surface area contributed by atoms with Crippen LogP contribution in [0.15, 0.2) is 61.4 Å². The lowest BCUT2D eigenvalue weighted by molar-refractivity contribution is -0.111. The third-order valence-corrected chi connectivity index (χ3v) is 2.57. The summed E-state index contributed by atoms with van der Waals surface area (Å²) >= 11 is 0. The average Bonchev–Trinajstić information content (AvgIpc) is 2.47. The molecule has 0 saturated heterocycles. The highest BCUT2D eigenvalue weighted by Crippen LogP contribution is 2.11. The van der Waals surface area contributed by atoms with Crippen molar-refractivity contribution in [1.82, 2.24) is 4.98 Å². The van der Waals surface area contributed by atoms with Crippen molar-refractivity contribution in [2.24, 2.45) is 0 Å². The molecule has 2 N–H and O–H groups in total. The van der Waals surface area contributed by atoms with Crippen LogP contribution in [-0.2, 0) is 11.3 Å². The summed E-state index contributed by atoms with van der Waals surface area (Å²) in [7, 11) is 0.